The summed E-state index contributed by atoms with van der Waals surface area (Å²) in [5.74, 6) is -0.270. The monoisotopic (exact) mass is 263 g/mol. The molecule has 0 spiro atoms. The summed E-state index contributed by atoms with van der Waals surface area (Å²) in [7, 11) is 1.77. The molecular weight excluding hydrogens is 242 g/mol. The minimum absolute atomic E-state index is 0.298. The summed E-state index contributed by atoms with van der Waals surface area (Å²) in [6.07, 6.45) is 1.44. The van der Waals surface area contributed by atoms with Gasteiger partial charge in [0.15, 0.2) is 0 Å². The van der Waals surface area contributed by atoms with Gasteiger partial charge in [0.25, 0.3) is 0 Å². The molecule has 1 heterocycles. The molecule has 4 nitrogen and oxygen atoms in total. The number of carboxylic acids is 1. The first-order valence-electron chi connectivity index (χ1n) is 6.67. The second-order valence-electron chi connectivity index (χ2n) is 5.28. The van der Waals surface area contributed by atoms with Gasteiger partial charge in [0, 0.05) is 20.2 Å². The van der Waals surface area contributed by atoms with E-state index in [0.29, 0.717) is 17.6 Å². The first-order chi connectivity index (χ1) is 9.10. The van der Waals surface area contributed by atoms with Crippen molar-refractivity contribution in [3.05, 3.63) is 35.4 Å². The van der Waals surface area contributed by atoms with Crippen molar-refractivity contribution in [1.82, 2.24) is 4.90 Å². The van der Waals surface area contributed by atoms with Crippen LogP contribution >= 0.6 is 0 Å². The molecule has 4 heteroatoms. The fourth-order valence-electron chi connectivity index (χ4n) is 2.56. The van der Waals surface area contributed by atoms with Gasteiger partial charge in [-0.1, -0.05) is 19.1 Å². The van der Waals surface area contributed by atoms with Gasteiger partial charge in [0.2, 0.25) is 0 Å². The van der Waals surface area contributed by atoms with Crippen molar-refractivity contribution in [3.63, 3.8) is 0 Å². The predicted octanol–water partition coefficient (Wildman–Crippen LogP) is 2.24. The Morgan fingerprint density at radius 2 is 2.11 bits per heavy atom. The van der Waals surface area contributed by atoms with Crippen LogP contribution in [0.2, 0.25) is 0 Å². The van der Waals surface area contributed by atoms with E-state index in [1.807, 2.05) is 12.1 Å². The Bertz CT molecular complexity index is 430. The lowest BCUT2D eigenvalue weighted by molar-refractivity contribution is -0.00744. The maximum Gasteiger partial charge on any atom is 0.335 e. The highest BCUT2D eigenvalue weighted by Gasteiger charge is 2.25. The number of likely N-dealkylation sites (tertiary alicyclic amines) is 1. The number of carbonyl (C=O) groups is 1. The quantitative estimate of drug-likeness (QED) is 0.905. The van der Waals surface area contributed by atoms with E-state index in [-0.39, 0.29) is 0 Å². The molecule has 0 radical (unpaired) electrons. The number of aromatic carboxylic acids is 1. The second-order valence-corrected chi connectivity index (χ2v) is 5.28. The molecule has 1 aromatic rings. The van der Waals surface area contributed by atoms with Crippen LogP contribution < -0.4 is 0 Å². The largest absolute Gasteiger partial charge is 0.478 e. The normalized spacial score (nSPS) is 24.3. The van der Waals surface area contributed by atoms with Gasteiger partial charge in [-0.15, -0.1) is 0 Å². The molecular formula is C15H21NO3. The molecule has 0 saturated carbocycles. The van der Waals surface area contributed by atoms with Crippen LogP contribution in [0.25, 0.3) is 0 Å². The summed E-state index contributed by atoms with van der Waals surface area (Å²) < 4.78 is 5.50. The molecule has 19 heavy (non-hydrogen) atoms. The van der Waals surface area contributed by atoms with Crippen molar-refractivity contribution in [3.8, 4) is 0 Å². The van der Waals surface area contributed by atoms with Crippen LogP contribution in [0.4, 0.5) is 0 Å². The molecule has 104 valence electrons. The minimum atomic E-state index is -0.877. The number of methoxy groups -OCH3 is 1. The van der Waals surface area contributed by atoms with E-state index in [0.717, 1.165) is 31.6 Å². The molecule has 1 N–H and O–H groups in total. The summed E-state index contributed by atoms with van der Waals surface area (Å²) >= 11 is 0. The number of hydrogen-bond donors (Lipinski definition) is 1. The highest BCUT2D eigenvalue weighted by molar-refractivity contribution is 5.87. The van der Waals surface area contributed by atoms with Crippen LogP contribution in [0.5, 0.6) is 0 Å². The van der Waals surface area contributed by atoms with Crippen molar-refractivity contribution in [2.24, 2.45) is 5.92 Å². The maximum atomic E-state index is 10.8. The Morgan fingerprint density at radius 1 is 1.42 bits per heavy atom. The first kappa shape index (κ1) is 14.0. The third-order valence-electron chi connectivity index (χ3n) is 3.88. The lowest BCUT2D eigenvalue weighted by Crippen LogP contribution is -2.43. The minimum Gasteiger partial charge on any atom is -0.478 e. The topological polar surface area (TPSA) is 49.8 Å². The van der Waals surface area contributed by atoms with Crippen molar-refractivity contribution < 1.29 is 14.6 Å². The molecule has 1 aliphatic heterocycles. The molecule has 1 saturated heterocycles. The second kappa shape index (κ2) is 6.17. The smallest absolute Gasteiger partial charge is 0.335 e. The van der Waals surface area contributed by atoms with Gasteiger partial charge in [0.05, 0.1) is 11.7 Å². The summed E-state index contributed by atoms with van der Waals surface area (Å²) in [5, 5.41) is 8.87. The fourth-order valence-corrected chi connectivity index (χ4v) is 2.56. The number of rotatable bonds is 4. The molecule has 2 unspecified atom stereocenters. The van der Waals surface area contributed by atoms with Crippen molar-refractivity contribution in [1.29, 1.82) is 0 Å². The van der Waals surface area contributed by atoms with Crippen molar-refractivity contribution in [2.45, 2.75) is 26.0 Å². The highest BCUT2D eigenvalue weighted by Crippen LogP contribution is 2.21. The fraction of sp³-hybridized carbons (Fsp3) is 0.533. The number of carboxylic acid groups (broad SMARTS) is 1. The van der Waals surface area contributed by atoms with E-state index in [1.165, 1.54) is 0 Å². The summed E-state index contributed by atoms with van der Waals surface area (Å²) in [4.78, 5) is 13.2. The number of hydrogen-bond acceptors (Lipinski definition) is 3. The van der Waals surface area contributed by atoms with Crippen LogP contribution in [0.15, 0.2) is 24.3 Å². The molecule has 0 aromatic heterocycles. The van der Waals surface area contributed by atoms with Gasteiger partial charge >= 0.3 is 5.97 Å². The summed E-state index contributed by atoms with van der Waals surface area (Å²) in [6.45, 7) is 5.10. The van der Waals surface area contributed by atoms with Crippen molar-refractivity contribution in [2.75, 3.05) is 20.2 Å². The van der Waals surface area contributed by atoms with Gasteiger partial charge in [-0.05, 0) is 36.6 Å². The van der Waals surface area contributed by atoms with Gasteiger partial charge < -0.3 is 9.84 Å². The van der Waals surface area contributed by atoms with E-state index < -0.39 is 5.97 Å². The number of piperidine rings is 1. The third kappa shape index (κ3) is 3.55. The Labute approximate surface area is 114 Å². The zero-order valence-electron chi connectivity index (χ0n) is 11.5. The number of nitrogens with zero attached hydrogens (tertiary/aromatic N) is 1. The van der Waals surface area contributed by atoms with Gasteiger partial charge in [-0.2, -0.15) is 0 Å². The van der Waals surface area contributed by atoms with Crippen LogP contribution in [0.3, 0.4) is 0 Å². The van der Waals surface area contributed by atoms with Crippen LogP contribution in [-0.4, -0.2) is 42.3 Å². The third-order valence-corrected chi connectivity index (χ3v) is 3.88. The van der Waals surface area contributed by atoms with Crippen LogP contribution in [-0.2, 0) is 11.3 Å². The average molecular weight is 263 g/mol. The lowest BCUT2D eigenvalue weighted by Gasteiger charge is -2.36. The number of benzene rings is 1. The standard InChI is InChI=1S/C15H21NO3/c1-11-7-8-16(10-14(11)19-2)9-12-3-5-13(6-4-12)15(17)18/h3-6,11,14H,7-10H2,1-2H3,(H,17,18). The zero-order chi connectivity index (χ0) is 13.8. The Morgan fingerprint density at radius 3 is 2.68 bits per heavy atom. The molecule has 0 amide bonds. The Kier molecular flexibility index (Phi) is 4.56. The van der Waals surface area contributed by atoms with Gasteiger partial charge in [-0.3, -0.25) is 4.90 Å². The molecule has 1 aromatic carbocycles. The Balaban J connectivity index is 1.95. The Hall–Kier alpha value is -1.39. The molecule has 0 aliphatic carbocycles. The van der Waals surface area contributed by atoms with Crippen LogP contribution in [0.1, 0.15) is 29.3 Å². The van der Waals surface area contributed by atoms with Gasteiger partial charge in [-0.25, -0.2) is 4.79 Å². The predicted molar refractivity (Wildman–Crippen MR) is 73.3 cm³/mol. The molecule has 1 fully saturated rings. The SMILES string of the molecule is COC1CN(Cc2ccc(C(=O)O)cc2)CCC1C. The van der Waals surface area contributed by atoms with E-state index in [2.05, 4.69) is 11.8 Å². The summed E-state index contributed by atoms with van der Waals surface area (Å²) in [6, 6.07) is 7.11. The lowest BCUT2D eigenvalue weighted by atomic mass is 9.95. The summed E-state index contributed by atoms with van der Waals surface area (Å²) in [5.41, 5.74) is 1.49. The first-order valence-corrected chi connectivity index (χ1v) is 6.67. The van der Waals surface area contributed by atoms with E-state index >= 15 is 0 Å². The van der Waals surface area contributed by atoms with Gasteiger partial charge in [0.1, 0.15) is 0 Å². The molecule has 0 bridgehead atoms. The highest BCUT2D eigenvalue weighted by atomic mass is 16.5. The maximum absolute atomic E-state index is 10.8. The van der Waals surface area contributed by atoms with Crippen LogP contribution in [0, 0.1) is 5.92 Å². The van der Waals surface area contributed by atoms with E-state index in [1.54, 1.807) is 19.2 Å². The van der Waals surface area contributed by atoms with Crippen molar-refractivity contribution >= 4 is 5.97 Å². The molecule has 2 atom stereocenters. The zero-order valence-corrected chi connectivity index (χ0v) is 11.5. The number of ether oxygens (including phenoxy) is 1. The van der Waals surface area contributed by atoms with E-state index in [4.69, 9.17) is 9.84 Å². The molecule has 1 aliphatic rings. The average Bonchev–Trinajstić information content (AvgIpc) is 2.41. The van der Waals surface area contributed by atoms with E-state index in [9.17, 15) is 4.79 Å². The molecule has 2 rings (SSSR count).